The van der Waals surface area contributed by atoms with Gasteiger partial charge in [-0.1, -0.05) is 6.42 Å². The van der Waals surface area contributed by atoms with E-state index in [9.17, 15) is 0 Å². The van der Waals surface area contributed by atoms with Crippen molar-refractivity contribution in [2.45, 2.75) is 38.5 Å². The van der Waals surface area contributed by atoms with Gasteiger partial charge in [0.1, 0.15) is 0 Å². The lowest BCUT2D eigenvalue weighted by atomic mass is 10.2. The van der Waals surface area contributed by atoms with E-state index in [1.165, 1.54) is 0 Å². The third-order valence-corrected chi connectivity index (χ3v) is 1.65. The molecule has 13 heavy (non-hydrogen) atoms. The van der Waals surface area contributed by atoms with Crippen molar-refractivity contribution in [3.63, 3.8) is 0 Å². The topological polar surface area (TPSA) is 56.8 Å². The second kappa shape index (κ2) is 10.9. The Morgan fingerprint density at radius 2 is 1.38 bits per heavy atom. The van der Waals surface area contributed by atoms with Crippen LogP contribution in [0.1, 0.15) is 38.5 Å². The SMILES string of the molecule is N#CCCCCCOCCCC#N. The van der Waals surface area contributed by atoms with Crippen LogP contribution in [-0.4, -0.2) is 13.2 Å². The normalized spacial score (nSPS) is 9.08. The van der Waals surface area contributed by atoms with Gasteiger partial charge in [0.05, 0.1) is 12.1 Å². The molecule has 0 saturated carbocycles. The van der Waals surface area contributed by atoms with Crippen LogP contribution in [0.2, 0.25) is 0 Å². The van der Waals surface area contributed by atoms with Crippen molar-refractivity contribution in [3.8, 4) is 12.1 Å². The maximum Gasteiger partial charge on any atom is 0.0622 e. The van der Waals surface area contributed by atoms with E-state index in [0.29, 0.717) is 19.4 Å². The molecule has 3 nitrogen and oxygen atoms in total. The molecule has 0 spiro atoms. The van der Waals surface area contributed by atoms with Crippen LogP contribution in [0, 0.1) is 22.7 Å². The summed E-state index contributed by atoms with van der Waals surface area (Å²) in [5.41, 5.74) is 0. The second-order valence-electron chi connectivity index (χ2n) is 2.84. The Labute approximate surface area is 79.9 Å². The highest BCUT2D eigenvalue weighted by Crippen LogP contribution is 1.99. The van der Waals surface area contributed by atoms with Crippen molar-refractivity contribution in [2.24, 2.45) is 0 Å². The Bertz CT molecular complexity index is 158. The maximum absolute atomic E-state index is 8.25. The molecule has 0 aliphatic rings. The number of unbranched alkanes of at least 4 members (excludes halogenated alkanes) is 4. The molecule has 0 rings (SSSR count). The van der Waals surface area contributed by atoms with E-state index < -0.39 is 0 Å². The van der Waals surface area contributed by atoms with E-state index in [-0.39, 0.29) is 0 Å². The molecule has 0 unspecified atom stereocenters. The van der Waals surface area contributed by atoms with Gasteiger partial charge in [-0.15, -0.1) is 0 Å². The van der Waals surface area contributed by atoms with Gasteiger partial charge in [-0.25, -0.2) is 0 Å². The van der Waals surface area contributed by atoms with Crippen LogP contribution in [0.3, 0.4) is 0 Å². The van der Waals surface area contributed by atoms with Crippen LogP contribution in [0.5, 0.6) is 0 Å². The maximum atomic E-state index is 8.25. The van der Waals surface area contributed by atoms with Crippen molar-refractivity contribution in [1.82, 2.24) is 0 Å². The molecule has 3 heteroatoms. The fraction of sp³-hybridized carbons (Fsp3) is 0.800. The summed E-state index contributed by atoms with van der Waals surface area (Å²) in [4.78, 5) is 0. The number of nitriles is 2. The highest BCUT2D eigenvalue weighted by Gasteiger charge is 1.90. The fourth-order valence-corrected chi connectivity index (χ4v) is 0.940. The van der Waals surface area contributed by atoms with Crippen LogP contribution >= 0.6 is 0 Å². The first-order chi connectivity index (χ1) is 6.41. The average Bonchev–Trinajstić information content (AvgIpc) is 2.16. The molecule has 0 aromatic heterocycles. The molecule has 72 valence electrons. The minimum atomic E-state index is 0.578. The van der Waals surface area contributed by atoms with Crippen molar-refractivity contribution in [3.05, 3.63) is 0 Å². The number of hydrogen-bond donors (Lipinski definition) is 0. The van der Waals surface area contributed by atoms with Crippen molar-refractivity contribution < 1.29 is 4.74 Å². The van der Waals surface area contributed by atoms with Gasteiger partial charge < -0.3 is 4.74 Å². The quantitative estimate of drug-likeness (QED) is 0.539. The van der Waals surface area contributed by atoms with Crippen LogP contribution in [0.4, 0.5) is 0 Å². The smallest absolute Gasteiger partial charge is 0.0622 e. The Morgan fingerprint density at radius 3 is 2.08 bits per heavy atom. The summed E-state index contributed by atoms with van der Waals surface area (Å²) >= 11 is 0. The number of ether oxygens (including phenoxy) is 1. The molecule has 0 N–H and O–H groups in total. The minimum Gasteiger partial charge on any atom is -0.381 e. The van der Waals surface area contributed by atoms with E-state index in [1.807, 2.05) is 0 Å². The third kappa shape index (κ3) is 10.9. The first-order valence-electron chi connectivity index (χ1n) is 4.73. The van der Waals surface area contributed by atoms with Gasteiger partial charge >= 0.3 is 0 Å². The van der Waals surface area contributed by atoms with Crippen molar-refractivity contribution >= 4 is 0 Å². The highest BCUT2D eigenvalue weighted by atomic mass is 16.5. The van der Waals surface area contributed by atoms with Gasteiger partial charge in [-0.2, -0.15) is 10.5 Å². The lowest BCUT2D eigenvalue weighted by molar-refractivity contribution is 0.128. The monoisotopic (exact) mass is 180 g/mol. The molecule has 0 fully saturated rings. The largest absolute Gasteiger partial charge is 0.381 e. The lowest BCUT2D eigenvalue weighted by Crippen LogP contribution is -1.96. The standard InChI is InChI=1S/C10H16N2O/c11-7-3-1-2-5-9-13-10-6-4-8-12/h1-6,9-10H2. The van der Waals surface area contributed by atoms with Gasteiger partial charge in [0.25, 0.3) is 0 Å². The average molecular weight is 180 g/mol. The summed E-state index contributed by atoms with van der Waals surface area (Å²) in [6, 6.07) is 4.18. The first-order valence-corrected chi connectivity index (χ1v) is 4.73. The predicted molar refractivity (Wildman–Crippen MR) is 49.7 cm³/mol. The first kappa shape index (κ1) is 11.9. The zero-order valence-corrected chi connectivity index (χ0v) is 7.96. The molecule has 0 aromatic rings. The zero-order chi connectivity index (χ0) is 9.78. The van der Waals surface area contributed by atoms with Gasteiger partial charge in [-0.05, 0) is 19.3 Å². The molecule has 0 atom stereocenters. The van der Waals surface area contributed by atoms with E-state index in [2.05, 4.69) is 12.1 Å². The molecular formula is C10H16N2O. The summed E-state index contributed by atoms with van der Waals surface area (Å²) in [6.45, 7) is 1.45. The molecule has 0 aliphatic heterocycles. The Balaban J connectivity index is 2.85. The predicted octanol–water partition coefficient (Wildman–Crippen LogP) is 2.39. The van der Waals surface area contributed by atoms with E-state index in [4.69, 9.17) is 15.3 Å². The van der Waals surface area contributed by atoms with Gasteiger partial charge in [0.15, 0.2) is 0 Å². The summed E-state index contributed by atoms with van der Waals surface area (Å²) in [6.07, 6.45) is 5.11. The molecule has 0 amide bonds. The van der Waals surface area contributed by atoms with Crippen LogP contribution in [-0.2, 0) is 4.74 Å². The third-order valence-electron chi connectivity index (χ3n) is 1.65. The highest BCUT2D eigenvalue weighted by molar-refractivity contribution is 4.68. The van der Waals surface area contributed by atoms with Gasteiger partial charge in [-0.3, -0.25) is 0 Å². The second-order valence-corrected chi connectivity index (χ2v) is 2.84. The molecule has 0 radical (unpaired) electrons. The minimum absolute atomic E-state index is 0.578. The summed E-state index contributed by atoms with van der Waals surface area (Å²) < 4.78 is 5.28. The van der Waals surface area contributed by atoms with Crippen LogP contribution in [0.15, 0.2) is 0 Å². The molecule has 0 bridgehead atoms. The number of hydrogen-bond acceptors (Lipinski definition) is 3. The van der Waals surface area contributed by atoms with Crippen molar-refractivity contribution in [1.29, 1.82) is 10.5 Å². The zero-order valence-electron chi connectivity index (χ0n) is 7.96. The Hall–Kier alpha value is -1.06. The molecular weight excluding hydrogens is 164 g/mol. The summed E-state index contributed by atoms with van der Waals surface area (Å²) in [7, 11) is 0. The van der Waals surface area contributed by atoms with E-state index in [1.54, 1.807) is 0 Å². The fourth-order valence-electron chi connectivity index (χ4n) is 0.940. The number of rotatable bonds is 8. The summed E-state index contributed by atoms with van der Waals surface area (Å²) in [5, 5.41) is 16.5. The molecule has 0 saturated heterocycles. The Morgan fingerprint density at radius 1 is 0.769 bits per heavy atom. The Kier molecular flexibility index (Phi) is 10.0. The lowest BCUT2D eigenvalue weighted by Gasteiger charge is -2.00. The van der Waals surface area contributed by atoms with Crippen LogP contribution in [0.25, 0.3) is 0 Å². The van der Waals surface area contributed by atoms with Gasteiger partial charge in [0, 0.05) is 26.1 Å². The number of nitrogens with zero attached hydrogens (tertiary/aromatic N) is 2. The molecule has 0 heterocycles. The summed E-state index contributed by atoms with van der Waals surface area (Å²) in [5.74, 6) is 0. The van der Waals surface area contributed by atoms with Gasteiger partial charge in [0.2, 0.25) is 0 Å². The van der Waals surface area contributed by atoms with Crippen LogP contribution < -0.4 is 0 Å². The van der Waals surface area contributed by atoms with E-state index in [0.717, 1.165) is 32.3 Å². The molecule has 0 aliphatic carbocycles. The van der Waals surface area contributed by atoms with E-state index >= 15 is 0 Å². The molecule has 0 aromatic carbocycles. The van der Waals surface area contributed by atoms with Crippen molar-refractivity contribution in [2.75, 3.05) is 13.2 Å².